The zero-order valence-electron chi connectivity index (χ0n) is 13.4. The van der Waals surface area contributed by atoms with Gasteiger partial charge in [-0.1, -0.05) is 6.07 Å². The molecule has 2 aliphatic rings. The molecular weight excluding hydrogens is 308 g/mol. The molecule has 2 saturated heterocycles. The second-order valence-electron chi connectivity index (χ2n) is 6.45. The molecule has 2 atom stereocenters. The van der Waals surface area contributed by atoms with Gasteiger partial charge in [0, 0.05) is 25.4 Å². The van der Waals surface area contributed by atoms with E-state index in [1.165, 1.54) is 6.26 Å². The van der Waals surface area contributed by atoms with Crippen LogP contribution in [0.2, 0.25) is 0 Å². The molecule has 0 N–H and O–H groups in total. The maximum absolute atomic E-state index is 12.4. The van der Waals surface area contributed by atoms with Crippen LogP contribution >= 0.6 is 0 Å². The predicted molar refractivity (Wildman–Crippen MR) is 85.3 cm³/mol. The van der Waals surface area contributed by atoms with Crippen molar-refractivity contribution in [1.82, 2.24) is 9.88 Å². The van der Waals surface area contributed by atoms with Gasteiger partial charge in [0.2, 0.25) is 0 Å². The van der Waals surface area contributed by atoms with E-state index >= 15 is 0 Å². The first-order valence-electron chi connectivity index (χ1n) is 8.21. The quantitative estimate of drug-likeness (QED) is 0.861. The van der Waals surface area contributed by atoms with Gasteiger partial charge in [0.15, 0.2) is 5.76 Å². The number of rotatable bonds is 4. The minimum Gasteiger partial charge on any atom is -0.459 e. The number of amides is 1. The SMILES string of the molecule is O=C(c1ccco1)N1CCC2(CC(OCc3cccnc3)CO2)C1. The van der Waals surface area contributed by atoms with Crippen LogP contribution in [0.3, 0.4) is 0 Å². The van der Waals surface area contributed by atoms with E-state index in [1.807, 2.05) is 23.2 Å². The minimum atomic E-state index is -0.276. The van der Waals surface area contributed by atoms with Crippen molar-refractivity contribution >= 4 is 5.91 Å². The van der Waals surface area contributed by atoms with E-state index < -0.39 is 0 Å². The molecule has 0 saturated carbocycles. The van der Waals surface area contributed by atoms with Crippen LogP contribution in [-0.4, -0.2) is 47.2 Å². The second-order valence-corrected chi connectivity index (χ2v) is 6.45. The number of pyridine rings is 1. The Kier molecular flexibility index (Phi) is 4.08. The van der Waals surface area contributed by atoms with Crippen molar-refractivity contribution in [3.63, 3.8) is 0 Å². The monoisotopic (exact) mass is 328 g/mol. The van der Waals surface area contributed by atoms with Crippen molar-refractivity contribution in [1.29, 1.82) is 0 Å². The lowest BCUT2D eigenvalue weighted by molar-refractivity contribution is 0.0000820. The van der Waals surface area contributed by atoms with Gasteiger partial charge in [0.05, 0.1) is 37.7 Å². The minimum absolute atomic E-state index is 0.0591. The van der Waals surface area contributed by atoms with Crippen molar-refractivity contribution in [3.05, 3.63) is 54.2 Å². The Hall–Kier alpha value is -2.18. The molecule has 126 valence electrons. The van der Waals surface area contributed by atoms with E-state index in [4.69, 9.17) is 13.9 Å². The summed E-state index contributed by atoms with van der Waals surface area (Å²) in [5.41, 5.74) is 0.779. The van der Waals surface area contributed by atoms with Gasteiger partial charge in [0.25, 0.3) is 5.91 Å². The summed E-state index contributed by atoms with van der Waals surface area (Å²) in [7, 11) is 0. The lowest BCUT2D eigenvalue weighted by atomic mass is 9.98. The molecule has 6 heteroatoms. The zero-order chi connectivity index (χ0) is 16.4. The second kappa shape index (κ2) is 6.37. The highest BCUT2D eigenvalue weighted by Gasteiger charge is 2.47. The van der Waals surface area contributed by atoms with Gasteiger partial charge in [-0.15, -0.1) is 0 Å². The number of nitrogens with zero attached hydrogens (tertiary/aromatic N) is 2. The Labute approximate surface area is 140 Å². The maximum Gasteiger partial charge on any atom is 0.289 e. The summed E-state index contributed by atoms with van der Waals surface area (Å²) in [5, 5.41) is 0. The summed E-state index contributed by atoms with van der Waals surface area (Å²) in [4.78, 5) is 18.3. The van der Waals surface area contributed by atoms with Crippen molar-refractivity contribution in [2.24, 2.45) is 0 Å². The molecule has 1 amide bonds. The fraction of sp³-hybridized carbons (Fsp3) is 0.444. The standard InChI is InChI=1S/C18H20N2O4/c21-17(16-4-2-8-22-16)20-7-5-18(13-20)9-15(12-24-18)23-11-14-3-1-6-19-10-14/h1-4,6,8,10,15H,5,7,9,11-13H2. The van der Waals surface area contributed by atoms with Gasteiger partial charge >= 0.3 is 0 Å². The molecule has 4 heterocycles. The highest BCUT2D eigenvalue weighted by Crippen LogP contribution is 2.37. The van der Waals surface area contributed by atoms with Gasteiger partial charge in [-0.3, -0.25) is 9.78 Å². The fourth-order valence-corrected chi connectivity index (χ4v) is 3.47. The Morgan fingerprint density at radius 3 is 3.17 bits per heavy atom. The average molecular weight is 328 g/mol. The van der Waals surface area contributed by atoms with E-state index in [9.17, 15) is 4.79 Å². The number of carbonyl (C=O) groups excluding carboxylic acids is 1. The van der Waals surface area contributed by atoms with Crippen LogP contribution in [-0.2, 0) is 16.1 Å². The summed E-state index contributed by atoms with van der Waals surface area (Å²) in [6.45, 7) is 2.39. The summed E-state index contributed by atoms with van der Waals surface area (Å²) in [5.74, 6) is 0.314. The van der Waals surface area contributed by atoms with E-state index in [-0.39, 0.29) is 17.6 Å². The van der Waals surface area contributed by atoms with Crippen LogP contribution in [0.1, 0.15) is 29.0 Å². The third-order valence-corrected chi connectivity index (χ3v) is 4.72. The van der Waals surface area contributed by atoms with Crippen LogP contribution in [0.25, 0.3) is 0 Å². The first kappa shape index (κ1) is 15.4. The molecule has 2 unspecified atom stereocenters. The van der Waals surface area contributed by atoms with Crippen molar-refractivity contribution in [2.75, 3.05) is 19.7 Å². The summed E-state index contributed by atoms with van der Waals surface area (Å²) >= 11 is 0. The molecule has 2 aromatic rings. The topological polar surface area (TPSA) is 64.8 Å². The Morgan fingerprint density at radius 1 is 1.42 bits per heavy atom. The van der Waals surface area contributed by atoms with E-state index in [0.29, 0.717) is 32.1 Å². The van der Waals surface area contributed by atoms with Gasteiger partial charge in [-0.2, -0.15) is 0 Å². The third kappa shape index (κ3) is 3.07. The molecular formula is C18H20N2O4. The smallest absolute Gasteiger partial charge is 0.289 e. The van der Waals surface area contributed by atoms with Crippen LogP contribution < -0.4 is 0 Å². The molecule has 2 fully saturated rings. The molecule has 6 nitrogen and oxygen atoms in total. The Balaban J connectivity index is 1.32. The van der Waals surface area contributed by atoms with Crippen LogP contribution in [0.4, 0.5) is 0 Å². The molecule has 0 aliphatic carbocycles. The number of hydrogen-bond acceptors (Lipinski definition) is 5. The van der Waals surface area contributed by atoms with E-state index in [2.05, 4.69) is 4.98 Å². The maximum atomic E-state index is 12.4. The number of hydrogen-bond donors (Lipinski definition) is 0. The molecule has 0 bridgehead atoms. The third-order valence-electron chi connectivity index (χ3n) is 4.72. The summed E-state index contributed by atoms with van der Waals surface area (Å²) in [6.07, 6.45) is 6.80. The number of carbonyl (C=O) groups is 1. The molecule has 2 aromatic heterocycles. The number of likely N-dealkylation sites (tertiary alicyclic amines) is 1. The number of furan rings is 1. The lowest BCUT2D eigenvalue weighted by Gasteiger charge is -2.22. The molecule has 2 aliphatic heterocycles. The van der Waals surface area contributed by atoms with Crippen LogP contribution in [0.15, 0.2) is 47.3 Å². The van der Waals surface area contributed by atoms with Gasteiger partial charge < -0.3 is 18.8 Å². The molecule has 0 radical (unpaired) electrons. The van der Waals surface area contributed by atoms with Crippen LogP contribution in [0, 0.1) is 0 Å². The molecule has 0 aromatic carbocycles. The molecule has 4 rings (SSSR count). The van der Waals surface area contributed by atoms with Crippen molar-refractivity contribution < 1.29 is 18.7 Å². The number of aromatic nitrogens is 1. The van der Waals surface area contributed by atoms with Gasteiger partial charge in [-0.05, 0) is 30.2 Å². The normalized spacial score (nSPS) is 26.3. The lowest BCUT2D eigenvalue weighted by Crippen LogP contribution is -2.36. The van der Waals surface area contributed by atoms with Crippen molar-refractivity contribution in [2.45, 2.75) is 31.2 Å². The first-order valence-corrected chi connectivity index (χ1v) is 8.21. The Bertz CT molecular complexity index is 688. The first-order chi connectivity index (χ1) is 11.7. The van der Waals surface area contributed by atoms with E-state index in [1.54, 1.807) is 18.3 Å². The number of ether oxygens (including phenoxy) is 2. The summed E-state index contributed by atoms with van der Waals surface area (Å²) < 4.78 is 17.2. The van der Waals surface area contributed by atoms with Crippen molar-refractivity contribution in [3.8, 4) is 0 Å². The van der Waals surface area contributed by atoms with Gasteiger partial charge in [0.1, 0.15) is 0 Å². The van der Waals surface area contributed by atoms with Gasteiger partial charge in [-0.25, -0.2) is 0 Å². The highest BCUT2D eigenvalue weighted by molar-refractivity contribution is 5.91. The summed E-state index contributed by atoms with van der Waals surface area (Å²) in [6, 6.07) is 7.33. The predicted octanol–water partition coefficient (Wildman–Crippen LogP) is 2.27. The molecule has 24 heavy (non-hydrogen) atoms. The molecule has 1 spiro atoms. The largest absolute Gasteiger partial charge is 0.459 e. The van der Waals surface area contributed by atoms with Crippen LogP contribution in [0.5, 0.6) is 0 Å². The zero-order valence-corrected chi connectivity index (χ0v) is 13.4. The average Bonchev–Trinajstić information content (AvgIpc) is 3.36. The fourth-order valence-electron chi connectivity index (χ4n) is 3.47. The van der Waals surface area contributed by atoms with E-state index in [0.717, 1.165) is 18.4 Å². The Morgan fingerprint density at radius 2 is 2.38 bits per heavy atom. The highest BCUT2D eigenvalue weighted by atomic mass is 16.6.